The third kappa shape index (κ3) is 3.12. The standard InChI is InChI=1S/C18H15FN2O3/c1-21-17(22)11-16(23-2)18(20-21)14-5-3-4-6-15(14)24-13-9-7-12(19)8-10-13/h3-11H,1-2H3. The number of methoxy groups -OCH3 is 1. The van der Waals surface area contributed by atoms with Crippen LogP contribution in [0.5, 0.6) is 17.2 Å². The van der Waals surface area contributed by atoms with E-state index >= 15 is 0 Å². The molecule has 0 amide bonds. The Morgan fingerprint density at radius 1 is 1.04 bits per heavy atom. The second kappa shape index (κ2) is 6.54. The molecule has 0 bridgehead atoms. The Hall–Kier alpha value is -3.15. The average molecular weight is 326 g/mol. The Bertz CT molecular complexity index is 920. The lowest BCUT2D eigenvalue weighted by atomic mass is 10.1. The molecule has 0 radical (unpaired) electrons. The number of para-hydroxylation sites is 1. The zero-order valence-electron chi connectivity index (χ0n) is 13.2. The second-order valence-corrected chi connectivity index (χ2v) is 5.08. The van der Waals surface area contributed by atoms with Gasteiger partial charge >= 0.3 is 0 Å². The fourth-order valence-electron chi connectivity index (χ4n) is 2.25. The molecule has 0 unspecified atom stereocenters. The van der Waals surface area contributed by atoms with E-state index in [1.165, 1.54) is 42.1 Å². The van der Waals surface area contributed by atoms with Gasteiger partial charge in [-0.2, -0.15) is 5.10 Å². The van der Waals surface area contributed by atoms with Gasteiger partial charge in [-0.15, -0.1) is 0 Å². The van der Waals surface area contributed by atoms with Crippen molar-refractivity contribution in [1.29, 1.82) is 0 Å². The van der Waals surface area contributed by atoms with Crippen LogP contribution in [0.1, 0.15) is 0 Å². The Morgan fingerprint density at radius 3 is 2.46 bits per heavy atom. The topological polar surface area (TPSA) is 53.4 Å². The summed E-state index contributed by atoms with van der Waals surface area (Å²) in [5.41, 5.74) is 0.874. The maximum atomic E-state index is 13.0. The van der Waals surface area contributed by atoms with Gasteiger partial charge in [-0.3, -0.25) is 4.79 Å². The second-order valence-electron chi connectivity index (χ2n) is 5.08. The zero-order chi connectivity index (χ0) is 17.1. The lowest BCUT2D eigenvalue weighted by molar-refractivity contribution is 0.409. The molecule has 0 saturated heterocycles. The van der Waals surface area contributed by atoms with Crippen molar-refractivity contribution in [3.63, 3.8) is 0 Å². The van der Waals surface area contributed by atoms with Crippen LogP contribution in [0.25, 0.3) is 11.3 Å². The Labute approximate surface area is 137 Å². The first kappa shape index (κ1) is 15.7. The molecule has 2 aromatic carbocycles. The Balaban J connectivity index is 2.08. The minimum absolute atomic E-state index is 0.271. The van der Waals surface area contributed by atoms with E-state index in [9.17, 15) is 9.18 Å². The summed E-state index contributed by atoms with van der Waals surface area (Å²) in [7, 11) is 3.04. The number of halogens is 1. The van der Waals surface area contributed by atoms with Crippen LogP contribution in [0.3, 0.4) is 0 Å². The van der Waals surface area contributed by atoms with E-state index in [4.69, 9.17) is 9.47 Å². The fraction of sp³-hybridized carbons (Fsp3) is 0.111. The van der Waals surface area contributed by atoms with Crippen LogP contribution < -0.4 is 15.0 Å². The first-order valence-corrected chi connectivity index (χ1v) is 7.23. The summed E-state index contributed by atoms with van der Waals surface area (Å²) in [4.78, 5) is 11.7. The molecule has 3 rings (SSSR count). The maximum absolute atomic E-state index is 13.0. The number of ether oxygens (including phenoxy) is 2. The first-order valence-electron chi connectivity index (χ1n) is 7.23. The highest BCUT2D eigenvalue weighted by Gasteiger charge is 2.15. The van der Waals surface area contributed by atoms with Crippen molar-refractivity contribution in [3.05, 3.63) is 70.8 Å². The lowest BCUT2D eigenvalue weighted by Crippen LogP contribution is -2.19. The van der Waals surface area contributed by atoms with Gasteiger partial charge in [-0.05, 0) is 36.4 Å². The van der Waals surface area contributed by atoms with Crippen molar-refractivity contribution in [2.45, 2.75) is 0 Å². The molecule has 0 aliphatic heterocycles. The van der Waals surface area contributed by atoms with Crippen LogP contribution in [0.2, 0.25) is 0 Å². The summed E-state index contributed by atoms with van der Waals surface area (Å²) < 4.78 is 25.4. The smallest absolute Gasteiger partial charge is 0.270 e. The molecule has 0 aliphatic carbocycles. The lowest BCUT2D eigenvalue weighted by Gasteiger charge is -2.13. The summed E-state index contributed by atoms with van der Waals surface area (Å²) in [6.45, 7) is 0. The number of nitrogens with zero attached hydrogens (tertiary/aromatic N) is 2. The van der Waals surface area contributed by atoms with Gasteiger partial charge in [-0.1, -0.05) is 12.1 Å². The van der Waals surface area contributed by atoms with Crippen molar-refractivity contribution >= 4 is 0 Å². The number of rotatable bonds is 4. The van der Waals surface area contributed by atoms with Gasteiger partial charge in [-0.25, -0.2) is 9.07 Å². The molecule has 1 aromatic heterocycles. The highest BCUT2D eigenvalue weighted by Crippen LogP contribution is 2.36. The van der Waals surface area contributed by atoms with Gasteiger partial charge in [0.05, 0.1) is 7.11 Å². The molecule has 0 fully saturated rings. The summed E-state index contributed by atoms with van der Waals surface area (Å²) in [5, 5.41) is 4.27. The minimum Gasteiger partial charge on any atom is -0.494 e. The maximum Gasteiger partial charge on any atom is 0.270 e. The highest BCUT2D eigenvalue weighted by molar-refractivity contribution is 5.72. The van der Waals surface area contributed by atoms with Crippen molar-refractivity contribution in [2.75, 3.05) is 7.11 Å². The molecule has 6 heteroatoms. The zero-order valence-corrected chi connectivity index (χ0v) is 13.2. The number of hydrogen-bond acceptors (Lipinski definition) is 4. The van der Waals surface area contributed by atoms with E-state index in [0.29, 0.717) is 28.5 Å². The molecule has 0 aliphatic rings. The van der Waals surface area contributed by atoms with E-state index in [0.717, 1.165) is 0 Å². The third-order valence-electron chi connectivity index (χ3n) is 3.46. The first-order chi connectivity index (χ1) is 11.6. The predicted octanol–water partition coefficient (Wildman–Crippen LogP) is 3.39. The van der Waals surface area contributed by atoms with Gasteiger partial charge < -0.3 is 9.47 Å². The molecule has 0 spiro atoms. The van der Waals surface area contributed by atoms with Crippen LogP contribution in [-0.2, 0) is 7.05 Å². The van der Waals surface area contributed by atoms with Crippen LogP contribution in [-0.4, -0.2) is 16.9 Å². The number of benzene rings is 2. The molecule has 122 valence electrons. The Kier molecular flexibility index (Phi) is 4.29. The molecular formula is C18H15FN2O3. The van der Waals surface area contributed by atoms with Gasteiger partial charge in [0.2, 0.25) is 0 Å². The van der Waals surface area contributed by atoms with Gasteiger partial charge in [0.1, 0.15) is 23.0 Å². The van der Waals surface area contributed by atoms with Gasteiger partial charge in [0.15, 0.2) is 5.75 Å². The van der Waals surface area contributed by atoms with Crippen LogP contribution >= 0.6 is 0 Å². The van der Waals surface area contributed by atoms with E-state index in [1.54, 1.807) is 13.1 Å². The summed E-state index contributed by atoms with van der Waals surface area (Å²) >= 11 is 0. The van der Waals surface area contributed by atoms with Crippen molar-refractivity contribution in [1.82, 2.24) is 9.78 Å². The van der Waals surface area contributed by atoms with E-state index in [2.05, 4.69) is 5.10 Å². The molecular weight excluding hydrogens is 311 g/mol. The Morgan fingerprint density at radius 2 is 1.75 bits per heavy atom. The summed E-state index contributed by atoms with van der Waals surface area (Å²) in [5.74, 6) is 1.03. The van der Waals surface area contributed by atoms with Crippen molar-refractivity contribution in [2.24, 2.45) is 7.05 Å². The molecule has 0 N–H and O–H groups in total. The number of aryl methyl sites for hydroxylation is 1. The van der Waals surface area contributed by atoms with Crippen molar-refractivity contribution < 1.29 is 13.9 Å². The number of aromatic nitrogens is 2. The average Bonchev–Trinajstić information content (AvgIpc) is 2.59. The van der Waals surface area contributed by atoms with E-state index in [1.807, 2.05) is 18.2 Å². The molecule has 3 aromatic rings. The molecule has 24 heavy (non-hydrogen) atoms. The molecule has 1 heterocycles. The SMILES string of the molecule is COc1cc(=O)n(C)nc1-c1ccccc1Oc1ccc(F)cc1. The molecule has 5 nitrogen and oxygen atoms in total. The highest BCUT2D eigenvalue weighted by atomic mass is 19.1. The quantitative estimate of drug-likeness (QED) is 0.737. The number of hydrogen-bond donors (Lipinski definition) is 0. The van der Waals surface area contributed by atoms with Gasteiger partial charge in [0, 0.05) is 18.7 Å². The van der Waals surface area contributed by atoms with Crippen LogP contribution in [0, 0.1) is 5.82 Å². The summed E-state index contributed by atoms with van der Waals surface area (Å²) in [6, 6.07) is 14.3. The predicted molar refractivity (Wildman–Crippen MR) is 87.9 cm³/mol. The third-order valence-corrected chi connectivity index (χ3v) is 3.46. The van der Waals surface area contributed by atoms with Crippen molar-refractivity contribution in [3.8, 4) is 28.5 Å². The summed E-state index contributed by atoms with van der Waals surface area (Å²) in [6.07, 6.45) is 0. The van der Waals surface area contributed by atoms with E-state index < -0.39 is 0 Å². The molecule has 0 atom stereocenters. The minimum atomic E-state index is -0.336. The monoisotopic (exact) mass is 326 g/mol. The van der Waals surface area contributed by atoms with Crippen LogP contribution in [0.15, 0.2) is 59.4 Å². The molecule has 0 saturated carbocycles. The largest absolute Gasteiger partial charge is 0.494 e. The normalized spacial score (nSPS) is 10.5. The van der Waals surface area contributed by atoms with E-state index in [-0.39, 0.29) is 11.4 Å². The van der Waals surface area contributed by atoms with Gasteiger partial charge in [0.25, 0.3) is 5.56 Å². The van der Waals surface area contributed by atoms with Crippen LogP contribution in [0.4, 0.5) is 4.39 Å². The fourth-order valence-corrected chi connectivity index (χ4v) is 2.25.